The van der Waals surface area contributed by atoms with E-state index in [0.717, 1.165) is 17.1 Å². The maximum atomic E-state index is 12.7. The highest BCUT2D eigenvalue weighted by molar-refractivity contribution is 7.98. The standard InChI is InChI=1S/C21H34N4O4S/c1-7-14(19(26)25-18(13(4)5)21(28)29)24-20(27)15-8-9-17(30-6)16(23-15)11-22-10-12(2)3/h7-9,12-13,18,21-22,28-29H,10-11H2,1-6H3,(H,24,27)(H,25,26)/b14-7-/t18-/m0/s1. The molecule has 0 fully saturated rings. The summed E-state index contributed by atoms with van der Waals surface area (Å²) in [4.78, 5) is 30.6. The topological polar surface area (TPSA) is 124 Å². The molecule has 2 amide bonds. The van der Waals surface area contributed by atoms with Crippen LogP contribution >= 0.6 is 11.8 Å². The number of hydrogen-bond acceptors (Lipinski definition) is 7. The third-order valence-corrected chi connectivity index (χ3v) is 5.16. The largest absolute Gasteiger partial charge is 0.366 e. The number of aliphatic hydroxyl groups excluding tert-OH is 1. The van der Waals surface area contributed by atoms with Gasteiger partial charge in [-0.05, 0) is 43.7 Å². The number of hydrogen-bond donors (Lipinski definition) is 5. The average Bonchev–Trinajstić information content (AvgIpc) is 2.68. The van der Waals surface area contributed by atoms with Crippen LogP contribution in [0, 0.1) is 11.8 Å². The molecule has 0 unspecified atom stereocenters. The normalized spacial score (nSPS) is 13.1. The molecular formula is C21H34N4O4S. The number of aromatic nitrogens is 1. The number of pyridine rings is 1. The molecule has 0 aliphatic rings. The van der Waals surface area contributed by atoms with Gasteiger partial charge in [0.05, 0.1) is 11.7 Å². The molecule has 0 saturated heterocycles. The van der Waals surface area contributed by atoms with Gasteiger partial charge in [0.15, 0.2) is 6.29 Å². The molecule has 0 saturated carbocycles. The molecule has 1 rings (SSSR count). The number of carbonyl (C=O) groups is 2. The van der Waals surface area contributed by atoms with E-state index in [1.54, 1.807) is 38.6 Å². The summed E-state index contributed by atoms with van der Waals surface area (Å²) in [6, 6.07) is 2.60. The monoisotopic (exact) mass is 438 g/mol. The van der Waals surface area contributed by atoms with Crippen molar-refractivity contribution in [3.8, 4) is 0 Å². The van der Waals surface area contributed by atoms with E-state index in [2.05, 4.69) is 34.8 Å². The fraction of sp³-hybridized carbons (Fsp3) is 0.571. The van der Waals surface area contributed by atoms with Crippen LogP contribution in [0.1, 0.15) is 50.8 Å². The second-order valence-electron chi connectivity index (χ2n) is 7.68. The Morgan fingerprint density at radius 1 is 1.20 bits per heavy atom. The van der Waals surface area contributed by atoms with Crippen molar-refractivity contribution in [2.45, 2.75) is 58.4 Å². The van der Waals surface area contributed by atoms with E-state index in [1.807, 2.05) is 12.3 Å². The van der Waals surface area contributed by atoms with Gasteiger partial charge in [0, 0.05) is 11.4 Å². The van der Waals surface area contributed by atoms with Gasteiger partial charge in [-0.25, -0.2) is 4.98 Å². The number of carbonyl (C=O) groups excluding carboxylic acids is 2. The van der Waals surface area contributed by atoms with Crippen molar-refractivity contribution in [2.24, 2.45) is 11.8 Å². The maximum absolute atomic E-state index is 12.7. The van der Waals surface area contributed by atoms with Crippen molar-refractivity contribution in [3.05, 3.63) is 35.3 Å². The molecule has 0 spiro atoms. The first-order valence-corrected chi connectivity index (χ1v) is 11.2. The predicted octanol–water partition coefficient (Wildman–Crippen LogP) is 1.63. The summed E-state index contributed by atoms with van der Waals surface area (Å²) in [7, 11) is 0. The average molecular weight is 439 g/mol. The Morgan fingerprint density at radius 2 is 1.87 bits per heavy atom. The van der Waals surface area contributed by atoms with Gasteiger partial charge < -0.3 is 26.2 Å². The number of nitrogens with zero attached hydrogens (tertiary/aromatic N) is 1. The van der Waals surface area contributed by atoms with Crippen LogP contribution in [-0.4, -0.2) is 52.1 Å². The van der Waals surface area contributed by atoms with Gasteiger partial charge in [-0.2, -0.15) is 0 Å². The van der Waals surface area contributed by atoms with Crippen molar-refractivity contribution >= 4 is 23.6 Å². The van der Waals surface area contributed by atoms with Crippen molar-refractivity contribution in [1.29, 1.82) is 0 Å². The zero-order chi connectivity index (χ0) is 22.8. The lowest BCUT2D eigenvalue weighted by Crippen LogP contribution is -2.49. The minimum atomic E-state index is -1.70. The summed E-state index contributed by atoms with van der Waals surface area (Å²) >= 11 is 1.55. The van der Waals surface area contributed by atoms with Crippen LogP contribution in [0.15, 0.2) is 28.8 Å². The lowest BCUT2D eigenvalue weighted by Gasteiger charge is -2.24. The molecule has 0 radical (unpaired) electrons. The van der Waals surface area contributed by atoms with E-state index in [-0.39, 0.29) is 17.3 Å². The number of allylic oxidation sites excluding steroid dienone is 1. The van der Waals surface area contributed by atoms with Crippen LogP contribution in [0.3, 0.4) is 0 Å². The Kier molecular flexibility index (Phi) is 11.0. The van der Waals surface area contributed by atoms with Gasteiger partial charge in [0.1, 0.15) is 11.4 Å². The minimum Gasteiger partial charge on any atom is -0.366 e. The summed E-state index contributed by atoms with van der Waals surface area (Å²) in [5, 5.41) is 27.3. The minimum absolute atomic E-state index is 0.0153. The Morgan fingerprint density at radius 3 is 2.37 bits per heavy atom. The molecule has 1 aromatic rings. The first kappa shape index (κ1) is 26.1. The van der Waals surface area contributed by atoms with Gasteiger partial charge in [-0.1, -0.05) is 33.8 Å². The Bertz CT molecular complexity index is 743. The van der Waals surface area contributed by atoms with E-state index >= 15 is 0 Å². The van der Waals surface area contributed by atoms with Gasteiger partial charge in [-0.3, -0.25) is 9.59 Å². The summed E-state index contributed by atoms with van der Waals surface area (Å²) in [6.45, 7) is 10.7. The molecule has 30 heavy (non-hydrogen) atoms. The molecule has 0 aliphatic heterocycles. The van der Waals surface area contributed by atoms with Gasteiger partial charge in [0.25, 0.3) is 11.8 Å². The number of amides is 2. The fourth-order valence-electron chi connectivity index (χ4n) is 2.67. The molecular weight excluding hydrogens is 404 g/mol. The molecule has 0 bridgehead atoms. The summed E-state index contributed by atoms with van der Waals surface area (Å²) in [6.07, 6.45) is 1.70. The molecule has 0 aromatic carbocycles. The van der Waals surface area contributed by atoms with Crippen LogP contribution in [0.2, 0.25) is 0 Å². The highest BCUT2D eigenvalue weighted by Crippen LogP contribution is 2.19. The van der Waals surface area contributed by atoms with E-state index in [1.165, 1.54) is 6.08 Å². The van der Waals surface area contributed by atoms with E-state index in [9.17, 15) is 19.8 Å². The predicted molar refractivity (Wildman–Crippen MR) is 119 cm³/mol. The lowest BCUT2D eigenvalue weighted by molar-refractivity contribution is -0.125. The third-order valence-electron chi connectivity index (χ3n) is 4.35. The lowest BCUT2D eigenvalue weighted by atomic mass is 10.0. The second-order valence-corrected chi connectivity index (χ2v) is 8.53. The number of aliphatic hydroxyl groups is 2. The van der Waals surface area contributed by atoms with Crippen LogP contribution in [0.5, 0.6) is 0 Å². The van der Waals surface area contributed by atoms with E-state index in [4.69, 9.17) is 0 Å². The molecule has 9 heteroatoms. The molecule has 8 nitrogen and oxygen atoms in total. The second kappa shape index (κ2) is 12.7. The van der Waals surface area contributed by atoms with Crippen LogP contribution in [-0.2, 0) is 11.3 Å². The fourth-order valence-corrected chi connectivity index (χ4v) is 3.23. The molecule has 1 heterocycles. The van der Waals surface area contributed by atoms with Crippen molar-refractivity contribution < 1.29 is 19.8 Å². The van der Waals surface area contributed by atoms with Gasteiger partial charge in [0.2, 0.25) is 0 Å². The zero-order valence-corrected chi connectivity index (χ0v) is 19.3. The summed E-state index contributed by atoms with van der Waals surface area (Å²) in [5.41, 5.74) is 0.982. The highest BCUT2D eigenvalue weighted by atomic mass is 32.2. The zero-order valence-electron chi connectivity index (χ0n) is 18.5. The number of thioether (sulfide) groups is 1. The third kappa shape index (κ3) is 8.06. The van der Waals surface area contributed by atoms with Crippen molar-refractivity contribution in [2.75, 3.05) is 12.8 Å². The van der Waals surface area contributed by atoms with Crippen molar-refractivity contribution in [3.63, 3.8) is 0 Å². The molecule has 5 N–H and O–H groups in total. The Balaban J connectivity index is 2.92. The van der Waals surface area contributed by atoms with Gasteiger partial charge in [-0.15, -0.1) is 11.8 Å². The molecule has 0 aliphatic carbocycles. The maximum Gasteiger partial charge on any atom is 0.274 e. The van der Waals surface area contributed by atoms with Crippen LogP contribution in [0.25, 0.3) is 0 Å². The van der Waals surface area contributed by atoms with E-state index in [0.29, 0.717) is 12.5 Å². The first-order chi connectivity index (χ1) is 14.1. The smallest absolute Gasteiger partial charge is 0.274 e. The summed E-state index contributed by atoms with van der Waals surface area (Å²) < 4.78 is 0. The number of rotatable bonds is 11. The highest BCUT2D eigenvalue weighted by Gasteiger charge is 2.25. The Labute approximate surface area is 182 Å². The molecule has 168 valence electrons. The van der Waals surface area contributed by atoms with Crippen molar-refractivity contribution in [1.82, 2.24) is 20.9 Å². The summed E-state index contributed by atoms with van der Waals surface area (Å²) in [5.74, 6) is -0.819. The van der Waals surface area contributed by atoms with E-state index < -0.39 is 24.1 Å². The van der Waals surface area contributed by atoms with Gasteiger partial charge >= 0.3 is 0 Å². The Hall–Kier alpha value is -1.94. The first-order valence-electron chi connectivity index (χ1n) is 9.99. The van der Waals surface area contributed by atoms with Crippen LogP contribution < -0.4 is 16.0 Å². The molecule has 1 atom stereocenters. The quantitative estimate of drug-likeness (QED) is 0.202. The number of nitrogens with one attached hydrogen (secondary N) is 3. The van der Waals surface area contributed by atoms with Crippen LogP contribution in [0.4, 0.5) is 0 Å². The SMILES string of the molecule is C/C=C(\NC(=O)c1ccc(SC)c(CNCC(C)C)n1)C(=O)N[C@@H](C(C)C)C(O)O. The molecule has 1 aromatic heterocycles.